The summed E-state index contributed by atoms with van der Waals surface area (Å²) < 4.78 is 3.05. The van der Waals surface area contributed by atoms with Crippen LogP contribution in [0.2, 0.25) is 0 Å². The number of H-pyrrole nitrogens is 1. The molecule has 0 radical (unpaired) electrons. The maximum atomic E-state index is 9.24. The number of guanidine groups is 1. The standard InChI is InChI=1S/C17H18N4OS/c18-17(21-23-14-7-5-13(22)6-8-14)19-10-9-12-11-20-16-4-2-1-3-15(12)16/h1-8,11,20,22H,9-10H2,(H3,18,19,21)/p+1. The van der Waals surface area contributed by atoms with Crippen molar-refractivity contribution in [2.75, 3.05) is 6.54 Å². The normalized spacial score (nSPS) is 11.7. The second kappa shape index (κ2) is 7.11. The van der Waals surface area contributed by atoms with E-state index in [0.29, 0.717) is 5.96 Å². The molecule has 6 heteroatoms. The van der Waals surface area contributed by atoms with Crippen molar-refractivity contribution in [1.82, 2.24) is 9.71 Å². The molecule has 1 aromatic heterocycles. The molecule has 0 fully saturated rings. The summed E-state index contributed by atoms with van der Waals surface area (Å²) in [6, 6.07) is 15.2. The largest absolute Gasteiger partial charge is 0.508 e. The van der Waals surface area contributed by atoms with Crippen LogP contribution in [-0.2, 0) is 6.42 Å². The average molecular weight is 327 g/mol. The highest BCUT2D eigenvalue weighted by molar-refractivity contribution is 7.98. The highest BCUT2D eigenvalue weighted by Gasteiger charge is 2.04. The predicted octanol–water partition coefficient (Wildman–Crippen LogP) is 1.11. The van der Waals surface area contributed by atoms with Gasteiger partial charge in [0.1, 0.15) is 5.75 Å². The highest BCUT2D eigenvalue weighted by atomic mass is 32.2. The lowest BCUT2D eigenvalue weighted by Crippen LogP contribution is -2.78. The van der Waals surface area contributed by atoms with Crippen LogP contribution in [-0.4, -0.2) is 22.6 Å². The molecular weight excluding hydrogens is 308 g/mol. The van der Waals surface area contributed by atoms with Crippen molar-refractivity contribution in [2.45, 2.75) is 11.3 Å². The number of hydrogen-bond donors (Lipinski definition) is 5. The van der Waals surface area contributed by atoms with Crippen LogP contribution < -0.4 is 15.4 Å². The van der Waals surface area contributed by atoms with Crippen molar-refractivity contribution >= 4 is 28.8 Å². The summed E-state index contributed by atoms with van der Waals surface area (Å²) in [7, 11) is 0. The van der Waals surface area contributed by atoms with Gasteiger partial charge in [-0.15, -0.1) is 0 Å². The minimum atomic E-state index is 0.253. The Balaban J connectivity index is 1.52. The molecule has 0 unspecified atom stereocenters. The molecule has 0 bridgehead atoms. The van der Waals surface area contributed by atoms with Crippen LogP contribution in [0.15, 0.2) is 59.6 Å². The molecule has 1 heterocycles. The van der Waals surface area contributed by atoms with Gasteiger partial charge >= 0.3 is 5.96 Å². The molecule has 0 saturated carbocycles. The summed E-state index contributed by atoms with van der Waals surface area (Å²) in [6.45, 7) is 0.747. The van der Waals surface area contributed by atoms with Gasteiger partial charge < -0.3 is 10.1 Å². The molecule has 5 nitrogen and oxygen atoms in total. The average Bonchev–Trinajstić information content (AvgIpc) is 2.98. The van der Waals surface area contributed by atoms with Gasteiger partial charge in [-0.1, -0.05) is 18.2 Å². The Morgan fingerprint density at radius 1 is 1.17 bits per heavy atom. The number of nitrogens with two attached hydrogens (primary N) is 1. The Kier molecular flexibility index (Phi) is 4.73. The number of rotatable bonds is 5. The van der Waals surface area contributed by atoms with Gasteiger partial charge in [-0.05, 0) is 35.9 Å². The molecule has 0 aliphatic heterocycles. The zero-order valence-corrected chi connectivity index (χ0v) is 13.4. The minimum Gasteiger partial charge on any atom is -0.508 e. The summed E-state index contributed by atoms with van der Waals surface area (Å²) >= 11 is 1.40. The molecule has 0 aliphatic rings. The molecule has 3 rings (SSSR count). The maximum Gasteiger partial charge on any atom is 0.352 e. The van der Waals surface area contributed by atoms with E-state index in [4.69, 9.17) is 5.73 Å². The summed E-state index contributed by atoms with van der Waals surface area (Å²) in [6.07, 6.45) is 2.93. The molecule has 2 aromatic carbocycles. The van der Waals surface area contributed by atoms with Gasteiger partial charge in [-0.2, -0.15) is 0 Å². The molecule has 0 spiro atoms. The van der Waals surface area contributed by atoms with E-state index in [2.05, 4.69) is 26.8 Å². The van der Waals surface area contributed by atoms with Gasteiger partial charge in [0.2, 0.25) is 0 Å². The van der Waals surface area contributed by atoms with Crippen LogP contribution in [0.1, 0.15) is 5.56 Å². The van der Waals surface area contributed by atoms with E-state index < -0.39 is 0 Å². The number of benzene rings is 2. The molecule has 118 valence electrons. The van der Waals surface area contributed by atoms with E-state index in [1.807, 2.05) is 30.5 Å². The number of nitrogens with one attached hydrogen (secondary N) is 3. The van der Waals surface area contributed by atoms with Gasteiger partial charge in [0, 0.05) is 28.4 Å². The van der Waals surface area contributed by atoms with Gasteiger partial charge in [-0.3, -0.25) is 10.7 Å². The number of para-hydroxylation sites is 1. The van der Waals surface area contributed by atoms with Crippen LogP contribution in [0.25, 0.3) is 10.9 Å². The fraction of sp³-hybridized carbons (Fsp3) is 0.118. The number of aromatic amines is 1. The summed E-state index contributed by atoms with van der Waals surface area (Å²) in [5, 5.41) is 10.5. The third-order valence-corrected chi connectivity index (χ3v) is 4.33. The molecule has 0 aliphatic carbocycles. The Hall–Kier alpha value is -2.60. The van der Waals surface area contributed by atoms with E-state index >= 15 is 0 Å². The van der Waals surface area contributed by atoms with E-state index in [1.54, 1.807) is 12.1 Å². The predicted molar refractivity (Wildman–Crippen MR) is 94.1 cm³/mol. The fourth-order valence-corrected chi connectivity index (χ4v) is 2.91. The second-order valence-corrected chi connectivity index (χ2v) is 6.03. The van der Waals surface area contributed by atoms with Crippen LogP contribution in [0, 0.1) is 0 Å². The summed E-state index contributed by atoms with van der Waals surface area (Å²) in [5.41, 5.74) is 8.34. The van der Waals surface area contributed by atoms with Crippen LogP contribution in [0.4, 0.5) is 0 Å². The molecule has 0 atom stereocenters. The first-order chi connectivity index (χ1) is 11.2. The topological polar surface area (TPSA) is 88.0 Å². The van der Waals surface area contributed by atoms with E-state index in [0.717, 1.165) is 23.4 Å². The number of phenols is 1. The Morgan fingerprint density at radius 2 is 1.96 bits per heavy atom. The first-order valence-corrected chi connectivity index (χ1v) is 8.17. The number of aromatic nitrogens is 1. The summed E-state index contributed by atoms with van der Waals surface area (Å²) in [4.78, 5) is 7.41. The second-order valence-electron chi connectivity index (χ2n) is 5.15. The van der Waals surface area contributed by atoms with Crippen LogP contribution >= 0.6 is 11.9 Å². The Bertz CT molecular complexity index is 811. The Morgan fingerprint density at radius 3 is 2.78 bits per heavy atom. The van der Waals surface area contributed by atoms with E-state index in [9.17, 15) is 5.11 Å². The number of phenolic OH excluding ortho intramolecular Hbond substituents is 1. The first-order valence-electron chi connectivity index (χ1n) is 7.35. The van der Waals surface area contributed by atoms with Gasteiger partial charge in [0.25, 0.3) is 0 Å². The number of aromatic hydroxyl groups is 1. The monoisotopic (exact) mass is 327 g/mol. The fourth-order valence-electron chi connectivity index (χ4n) is 2.33. The van der Waals surface area contributed by atoms with Crippen molar-refractivity contribution in [3.8, 4) is 5.75 Å². The molecule has 23 heavy (non-hydrogen) atoms. The van der Waals surface area contributed by atoms with Gasteiger partial charge in [-0.25, -0.2) is 4.72 Å². The van der Waals surface area contributed by atoms with Gasteiger partial charge in [0.05, 0.1) is 18.5 Å². The van der Waals surface area contributed by atoms with Crippen molar-refractivity contribution < 1.29 is 10.1 Å². The highest BCUT2D eigenvalue weighted by Crippen LogP contribution is 2.18. The molecule has 0 amide bonds. The van der Waals surface area contributed by atoms with Crippen molar-refractivity contribution in [3.63, 3.8) is 0 Å². The lowest BCUT2D eigenvalue weighted by molar-refractivity contribution is -0.458. The van der Waals surface area contributed by atoms with Crippen LogP contribution in [0.3, 0.4) is 0 Å². The Labute approximate surface area is 138 Å². The third kappa shape index (κ3) is 3.98. The molecule has 6 N–H and O–H groups in total. The van der Waals surface area contributed by atoms with Crippen molar-refractivity contribution in [2.24, 2.45) is 5.73 Å². The third-order valence-electron chi connectivity index (χ3n) is 3.50. The SMILES string of the molecule is NC(NSc1ccc(O)cc1)=[NH+]CCc1c[nH]c2ccccc12. The van der Waals surface area contributed by atoms with Crippen molar-refractivity contribution in [3.05, 3.63) is 60.3 Å². The van der Waals surface area contributed by atoms with Gasteiger partial charge in [0.15, 0.2) is 0 Å². The maximum absolute atomic E-state index is 9.24. The zero-order valence-electron chi connectivity index (χ0n) is 12.5. The number of fused-ring (bicyclic) bond motifs is 1. The zero-order chi connectivity index (χ0) is 16.1. The quantitative estimate of drug-likeness (QED) is 0.276. The lowest BCUT2D eigenvalue weighted by Gasteiger charge is -2.00. The van der Waals surface area contributed by atoms with Crippen LogP contribution in [0.5, 0.6) is 5.75 Å². The van der Waals surface area contributed by atoms with E-state index in [-0.39, 0.29) is 5.75 Å². The van der Waals surface area contributed by atoms with E-state index in [1.165, 1.54) is 22.9 Å². The molecule has 0 saturated heterocycles. The minimum absolute atomic E-state index is 0.253. The summed E-state index contributed by atoms with van der Waals surface area (Å²) in [5.74, 6) is 0.770. The molecular formula is C17H19N4OS+. The lowest BCUT2D eigenvalue weighted by atomic mass is 10.1. The smallest absolute Gasteiger partial charge is 0.352 e. The first kappa shape index (κ1) is 15.3. The molecule has 3 aromatic rings. The van der Waals surface area contributed by atoms with Crippen molar-refractivity contribution in [1.29, 1.82) is 0 Å². The number of hydrogen-bond acceptors (Lipinski definition) is 2.